The predicted molar refractivity (Wildman–Crippen MR) is 116 cm³/mol. The molecule has 2 aliphatic rings. The van der Waals surface area contributed by atoms with E-state index in [1.54, 1.807) is 29.1 Å². The molecular formula is C23H29FN6. The SMILES string of the molecule is Cc1cnn(C)c1C(=N)/C=C\C(=N)N[C@H]1CC2CN(Cc3ccccc3F)C[C@@H]2C1. The molecule has 2 heterocycles. The molecule has 1 aromatic carbocycles. The first-order valence-corrected chi connectivity index (χ1v) is 10.5. The van der Waals surface area contributed by atoms with Crippen LogP contribution in [0.5, 0.6) is 0 Å². The predicted octanol–water partition coefficient (Wildman–Crippen LogP) is 3.27. The van der Waals surface area contributed by atoms with E-state index in [1.807, 2.05) is 26.1 Å². The maximum atomic E-state index is 13.9. The lowest BCUT2D eigenvalue weighted by atomic mass is 10.0. The molecule has 0 amide bonds. The van der Waals surface area contributed by atoms with Gasteiger partial charge < -0.3 is 5.32 Å². The van der Waals surface area contributed by atoms with Crippen LogP contribution in [-0.2, 0) is 13.6 Å². The van der Waals surface area contributed by atoms with Gasteiger partial charge in [-0.05, 0) is 55.4 Å². The second kappa shape index (κ2) is 8.52. The van der Waals surface area contributed by atoms with Crippen LogP contribution in [0.4, 0.5) is 4.39 Å². The fraction of sp³-hybridized carbons (Fsp3) is 0.435. The number of likely N-dealkylation sites (tertiary alicyclic amines) is 1. The number of aromatic nitrogens is 2. The van der Waals surface area contributed by atoms with Crippen molar-refractivity contribution in [3.05, 3.63) is 65.3 Å². The van der Waals surface area contributed by atoms with Gasteiger partial charge in [0.15, 0.2) is 0 Å². The summed E-state index contributed by atoms with van der Waals surface area (Å²) in [6.45, 7) is 4.59. The fourth-order valence-corrected chi connectivity index (χ4v) is 4.96. The standard InChI is InChI=1S/C23H29FN6/c1-15-11-27-29(2)23(15)21(25)7-8-22(26)28-19-9-17-13-30(14-18(17)10-19)12-16-5-3-4-6-20(16)24/h3-8,11,17-19,25H,9-10,12-14H2,1-2H3,(H2,26,28)/b8-7-,25-21?/t17-,18?,19+/m0/s1. The van der Waals surface area contributed by atoms with E-state index in [2.05, 4.69) is 15.3 Å². The number of amidine groups is 1. The molecule has 2 aromatic rings. The van der Waals surface area contributed by atoms with Gasteiger partial charge in [-0.15, -0.1) is 0 Å². The Hall–Kier alpha value is -2.80. The number of allylic oxidation sites excluding steroid dienone is 1. The van der Waals surface area contributed by atoms with E-state index in [1.165, 1.54) is 6.07 Å². The van der Waals surface area contributed by atoms with E-state index >= 15 is 0 Å². The summed E-state index contributed by atoms with van der Waals surface area (Å²) in [5, 5.41) is 23.9. The van der Waals surface area contributed by atoms with Gasteiger partial charge in [0, 0.05) is 38.3 Å². The van der Waals surface area contributed by atoms with Gasteiger partial charge in [-0.2, -0.15) is 5.10 Å². The molecule has 30 heavy (non-hydrogen) atoms. The van der Waals surface area contributed by atoms with E-state index in [4.69, 9.17) is 10.8 Å². The molecule has 1 aromatic heterocycles. The lowest BCUT2D eigenvalue weighted by molar-refractivity contribution is 0.293. The van der Waals surface area contributed by atoms with Crippen LogP contribution in [0.2, 0.25) is 0 Å². The third kappa shape index (κ3) is 4.36. The fourth-order valence-electron chi connectivity index (χ4n) is 4.96. The monoisotopic (exact) mass is 408 g/mol. The van der Waals surface area contributed by atoms with Crippen LogP contribution in [0.3, 0.4) is 0 Å². The van der Waals surface area contributed by atoms with Crippen LogP contribution in [-0.4, -0.2) is 45.4 Å². The van der Waals surface area contributed by atoms with Crippen molar-refractivity contribution >= 4 is 11.5 Å². The highest BCUT2D eigenvalue weighted by Crippen LogP contribution is 2.38. The van der Waals surface area contributed by atoms with Crippen molar-refractivity contribution in [1.29, 1.82) is 10.8 Å². The van der Waals surface area contributed by atoms with Gasteiger partial charge in [0.1, 0.15) is 11.7 Å². The minimum Gasteiger partial charge on any atom is -0.368 e. The summed E-state index contributed by atoms with van der Waals surface area (Å²) in [5.41, 5.74) is 2.84. The van der Waals surface area contributed by atoms with Gasteiger partial charge in [-0.3, -0.25) is 20.4 Å². The molecule has 0 bridgehead atoms. The quantitative estimate of drug-likeness (QED) is 0.507. The van der Waals surface area contributed by atoms with Crippen LogP contribution in [0.15, 0.2) is 42.6 Å². The summed E-state index contributed by atoms with van der Waals surface area (Å²) in [7, 11) is 1.82. The Labute approximate surface area is 176 Å². The number of nitrogens with one attached hydrogen (secondary N) is 3. The van der Waals surface area contributed by atoms with Crippen molar-refractivity contribution in [3.8, 4) is 0 Å². The van der Waals surface area contributed by atoms with Crippen LogP contribution < -0.4 is 5.32 Å². The number of hydrogen-bond acceptors (Lipinski definition) is 4. The average Bonchev–Trinajstić information content (AvgIpc) is 3.34. The van der Waals surface area contributed by atoms with Gasteiger partial charge in [-0.1, -0.05) is 18.2 Å². The number of halogens is 1. The minimum atomic E-state index is -0.124. The molecule has 6 nitrogen and oxygen atoms in total. The summed E-state index contributed by atoms with van der Waals surface area (Å²) < 4.78 is 15.6. The average molecular weight is 409 g/mol. The molecule has 1 saturated heterocycles. The van der Waals surface area contributed by atoms with Crippen LogP contribution in [0.1, 0.15) is 29.7 Å². The molecule has 158 valence electrons. The second-order valence-corrected chi connectivity index (χ2v) is 8.58. The number of fused-ring (bicyclic) bond motifs is 1. The zero-order valence-electron chi connectivity index (χ0n) is 17.5. The highest BCUT2D eigenvalue weighted by molar-refractivity contribution is 6.09. The maximum Gasteiger partial charge on any atom is 0.127 e. The Morgan fingerprint density at radius 2 is 1.90 bits per heavy atom. The lowest BCUT2D eigenvalue weighted by Gasteiger charge is -2.20. The molecule has 0 spiro atoms. The van der Waals surface area contributed by atoms with Crippen LogP contribution >= 0.6 is 0 Å². The molecular weight excluding hydrogens is 379 g/mol. The first-order chi connectivity index (χ1) is 14.4. The van der Waals surface area contributed by atoms with E-state index < -0.39 is 0 Å². The van der Waals surface area contributed by atoms with E-state index in [-0.39, 0.29) is 5.82 Å². The zero-order valence-corrected chi connectivity index (χ0v) is 17.5. The summed E-state index contributed by atoms with van der Waals surface area (Å²) in [5.74, 6) is 1.41. The van der Waals surface area contributed by atoms with Gasteiger partial charge in [0.05, 0.1) is 17.6 Å². The smallest absolute Gasteiger partial charge is 0.127 e. The Bertz CT molecular complexity index is 944. The van der Waals surface area contributed by atoms with E-state index in [9.17, 15) is 4.39 Å². The van der Waals surface area contributed by atoms with Crippen molar-refractivity contribution in [2.24, 2.45) is 18.9 Å². The molecule has 3 atom stereocenters. The number of hydrogen-bond donors (Lipinski definition) is 3. The van der Waals surface area contributed by atoms with Gasteiger partial charge >= 0.3 is 0 Å². The molecule has 1 aliphatic heterocycles. The maximum absolute atomic E-state index is 13.9. The Balaban J connectivity index is 1.26. The first kappa shape index (κ1) is 20.5. The first-order valence-electron chi connectivity index (χ1n) is 10.5. The van der Waals surface area contributed by atoms with Crippen molar-refractivity contribution in [3.63, 3.8) is 0 Å². The summed E-state index contributed by atoms with van der Waals surface area (Å²) in [6, 6.07) is 7.31. The summed E-state index contributed by atoms with van der Waals surface area (Å²) in [4.78, 5) is 2.35. The van der Waals surface area contributed by atoms with Crippen LogP contribution in [0.25, 0.3) is 0 Å². The Kier molecular flexibility index (Phi) is 5.81. The number of nitrogens with zero attached hydrogens (tertiary/aromatic N) is 3. The van der Waals surface area contributed by atoms with Crippen molar-refractivity contribution in [1.82, 2.24) is 20.0 Å². The minimum absolute atomic E-state index is 0.124. The lowest BCUT2D eigenvalue weighted by Crippen LogP contribution is -2.33. The molecule has 1 saturated carbocycles. The third-order valence-electron chi connectivity index (χ3n) is 6.33. The Morgan fingerprint density at radius 3 is 2.53 bits per heavy atom. The van der Waals surface area contributed by atoms with Gasteiger partial charge in [0.25, 0.3) is 0 Å². The van der Waals surface area contributed by atoms with Crippen molar-refractivity contribution in [2.75, 3.05) is 13.1 Å². The Morgan fingerprint density at radius 1 is 1.20 bits per heavy atom. The molecule has 0 radical (unpaired) electrons. The van der Waals surface area contributed by atoms with Crippen molar-refractivity contribution < 1.29 is 4.39 Å². The number of rotatable bonds is 6. The normalized spacial score (nSPS) is 23.8. The van der Waals surface area contributed by atoms with Gasteiger partial charge in [-0.25, -0.2) is 4.39 Å². The zero-order chi connectivity index (χ0) is 21.3. The van der Waals surface area contributed by atoms with Gasteiger partial charge in [0.2, 0.25) is 0 Å². The molecule has 1 aliphatic carbocycles. The van der Waals surface area contributed by atoms with Crippen LogP contribution in [0, 0.1) is 35.4 Å². The highest BCUT2D eigenvalue weighted by atomic mass is 19.1. The van der Waals surface area contributed by atoms with Crippen molar-refractivity contribution in [2.45, 2.75) is 32.4 Å². The molecule has 1 unspecified atom stereocenters. The van der Waals surface area contributed by atoms with E-state index in [0.29, 0.717) is 36.0 Å². The highest BCUT2D eigenvalue weighted by Gasteiger charge is 2.40. The molecule has 4 rings (SSSR count). The number of aryl methyl sites for hydroxylation is 2. The molecule has 7 heteroatoms. The number of benzene rings is 1. The molecule has 3 N–H and O–H groups in total. The second-order valence-electron chi connectivity index (χ2n) is 8.58. The van der Waals surface area contributed by atoms with E-state index in [0.717, 1.165) is 42.8 Å². The third-order valence-corrected chi connectivity index (χ3v) is 6.33. The topological polar surface area (TPSA) is 80.8 Å². The molecule has 2 fully saturated rings. The largest absolute Gasteiger partial charge is 0.368 e. The summed E-state index contributed by atoms with van der Waals surface area (Å²) in [6.07, 6.45) is 7.13. The summed E-state index contributed by atoms with van der Waals surface area (Å²) >= 11 is 0.